The van der Waals surface area contributed by atoms with Gasteiger partial charge in [-0.1, -0.05) is 24.0 Å². The van der Waals surface area contributed by atoms with Crippen molar-refractivity contribution in [3.05, 3.63) is 54.1 Å². The van der Waals surface area contributed by atoms with Crippen LogP contribution in [0.4, 0.5) is 0 Å². The molecule has 0 aliphatic carbocycles. The fourth-order valence-corrected chi connectivity index (χ4v) is 3.32. The smallest absolute Gasteiger partial charge is 0.358 e. The minimum atomic E-state index is -1.66. The van der Waals surface area contributed by atoms with Gasteiger partial charge in [0.2, 0.25) is 5.60 Å². The summed E-state index contributed by atoms with van der Waals surface area (Å²) in [7, 11) is 1.64. The van der Waals surface area contributed by atoms with E-state index in [1.165, 1.54) is 4.90 Å². The Hall–Kier alpha value is -3.70. The van der Waals surface area contributed by atoms with Crippen molar-refractivity contribution in [3.8, 4) is 23.1 Å². The Kier molecular flexibility index (Phi) is 4.98. The summed E-state index contributed by atoms with van der Waals surface area (Å²) >= 11 is 0. The van der Waals surface area contributed by atoms with Crippen LogP contribution in [0.5, 0.6) is 0 Å². The summed E-state index contributed by atoms with van der Waals surface area (Å²) in [5.74, 6) is 4.69. The lowest BCUT2D eigenvalue weighted by molar-refractivity contribution is -0.137. The molecule has 1 aromatic carbocycles. The fourth-order valence-electron chi connectivity index (χ4n) is 3.32. The molecule has 30 heavy (non-hydrogen) atoms. The first kappa shape index (κ1) is 19.6. The largest absolute Gasteiger partial charge is 0.461 e. The predicted octanol–water partition coefficient (Wildman–Crippen LogP) is 1.52. The summed E-state index contributed by atoms with van der Waals surface area (Å²) in [5.41, 5.74) is 0.900. The van der Waals surface area contributed by atoms with Crippen LogP contribution in [0.2, 0.25) is 0 Å². The Labute approximate surface area is 173 Å². The molecule has 0 bridgehead atoms. The summed E-state index contributed by atoms with van der Waals surface area (Å²) in [6.07, 6.45) is 5.19. The molecular formula is C22H20N4O4. The molecule has 1 saturated heterocycles. The highest BCUT2D eigenvalue weighted by Gasteiger charge is 2.42. The summed E-state index contributed by atoms with van der Waals surface area (Å²) in [5, 5.41) is 10.5. The number of nitrogens with zero attached hydrogens (tertiary/aromatic N) is 4. The van der Waals surface area contributed by atoms with Gasteiger partial charge in [0.15, 0.2) is 11.3 Å². The number of likely N-dealkylation sites (N-methyl/N-ethyl adjacent to an activating group) is 1. The summed E-state index contributed by atoms with van der Waals surface area (Å²) in [6.45, 7) is 2.45. The Morgan fingerprint density at radius 1 is 1.40 bits per heavy atom. The van der Waals surface area contributed by atoms with Crippen LogP contribution < -0.4 is 0 Å². The van der Waals surface area contributed by atoms with Gasteiger partial charge in [-0.05, 0) is 19.1 Å². The van der Waals surface area contributed by atoms with Gasteiger partial charge in [0.25, 0.3) is 5.91 Å². The van der Waals surface area contributed by atoms with E-state index in [1.807, 2.05) is 6.07 Å². The molecule has 2 aromatic heterocycles. The molecule has 8 nitrogen and oxygen atoms in total. The number of benzene rings is 1. The molecule has 152 valence electrons. The van der Waals surface area contributed by atoms with Crippen LogP contribution in [-0.2, 0) is 9.53 Å². The number of ether oxygens (including phenoxy) is 1. The van der Waals surface area contributed by atoms with Crippen LogP contribution in [0, 0.1) is 11.8 Å². The van der Waals surface area contributed by atoms with Crippen molar-refractivity contribution in [2.24, 2.45) is 0 Å². The van der Waals surface area contributed by atoms with Gasteiger partial charge in [-0.15, -0.1) is 0 Å². The zero-order valence-corrected chi connectivity index (χ0v) is 16.6. The highest BCUT2D eigenvalue weighted by atomic mass is 16.5. The van der Waals surface area contributed by atoms with E-state index in [4.69, 9.17) is 4.74 Å². The zero-order valence-electron chi connectivity index (χ0n) is 16.6. The monoisotopic (exact) mass is 404 g/mol. The quantitative estimate of drug-likeness (QED) is 0.525. The Bertz CT molecular complexity index is 1210. The zero-order chi connectivity index (χ0) is 21.3. The maximum absolute atomic E-state index is 12.2. The molecule has 8 heteroatoms. The molecule has 3 aromatic rings. The van der Waals surface area contributed by atoms with Gasteiger partial charge in [0.05, 0.1) is 6.61 Å². The van der Waals surface area contributed by atoms with E-state index in [1.54, 1.807) is 55.2 Å². The number of esters is 1. The van der Waals surface area contributed by atoms with E-state index in [0.717, 1.165) is 0 Å². The molecule has 4 rings (SSSR count). The molecule has 0 radical (unpaired) electrons. The number of imidazole rings is 1. The van der Waals surface area contributed by atoms with Crippen molar-refractivity contribution in [1.29, 1.82) is 0 Å². The predicted molar refractivity (Wildman–Crippen MR) is 108 cm³/mol. The molecule has 1 fully saturated rings. The second-order valence-electron chi connectivity index (χ2n) is 7.02. The lowest BCUT2D eigenvalue weighted by atomic mass is 10.0. The maximum atomic E-state index is 12.2. The normalized spacial score (nSPS) is 18.4. The van der Waals surface area contributed by atoms with Crippen LogP contribution >= 0.6 is 0 Å². The number of carbonyl (C=O) groups excluding carboxylic acids is 2. The van der Waals surface area contributed by atoms with E-state index in [9.17, 15) is 14.7 Å². The van der Waals surface area contributed by atoms with Gasteiger partial charge in [0, 0.05) is 49.7 Å². The van der Waals surface area contributed by atoms with E-state index >= 15 is 0 Å². The second-order valence-corrected chi connectivity index (χ2v) is 7.02. The van der Waals surface area contributed by atoms with Crippen LogP contribution in [0.1, 0.15) is 29.4 Å². The first-order valence-electron chi connectivity index (χ1n) is 9.53. The van der Waals surface area contributed by atoms with Crippen molar-refractivity contribution in [2.45, 2.75) is 18.9 Å². The van der Waals surface area contributed by atoms with Gasteiger partial charge in [-0.25, -0.2) is 14.8 Å². The Morgan fingerprint density at radius 2 is 2.23 bits per heavy atom. The van der Waals surface area contributed by atoms with Crippen LogP contribution in [-0.4, -0.2) is 62.1 Å². The number of likely N-dealkylation sites (tertiary alicyclic amines) is 1. The molecule has 1 aliphatic heterocycles. The van der Waals surface area contributed by atoms with Crippen LogP contribution in [0.15, 0.2) is 42.9 Å². The number of fused-ring (bicyclic) bond motifs is 1. The average Bonchev–Trinajstić information content (AvgIpc) is 3.33. The number of aromatic nitrogens is 3. The standard InChI is InChI=1S/C22H20N4O4/c1-3-30-20(27)17-14-26-12-10-23-19(26)18(24-17)16-6-4-5-15(13-16)7-8-22(29)9-11-25(2)21(22)28/h4-6,10,12-14,29H,3,9,11H2,1-2H3. The topological polar surface area (TPSA) is 97.0 Å². The second kappa shape index (κ2) is 7.61. The highest BCUT2D eigenvalue weighted by molar-refractivity contribution is 5.91. The van der Waals surface area contributed by atoms with E-state index in [0.29, 0.717) is 29.0 Å². The summed E-state index contributed by atoms with van der Waals surface area (Å²) in [6, 6.07) is 7.19. The van der Waals surface area contributed by atoms with Gasteiger partial charge in [-0.3, -0.25) is 4.79 Å². The van der Waals surface area contributed by atoms with Crippen molar-refractivity contribution in [1.82, 2.24) is 19.3 Å². The molecule has 1 atom stereocenters. The number of amides is 1. The third kappa shape index (κ3) is 3.51. The maximum Gasteiger partial charge on any atom is 0.358 e. The van der Waals surface area contributed by atoms with Gasteiger partial charge < -0.3 is 19.1 Å². The minimum Gasteiger partial charge on any atom is -0.461 e. The lowest BCUT2D eigenvalue weighted by Crippen LogP contribution is -2.37. The lowest BCUT2D eigenvalue weighted by Gasteiger charge is -2.13. The van der Waals surface area contributed by atoms with Gasteiger partial charge >= 0.3 is 5.97 Å². The SMILES string of the molecule is CCOC(=O)c1cn2ccnc2c(-c2cccc(C#CC3(O)CCN(C)C3=O)c2)n1. The van der Waals surface area contributed by atoms with Crippen LogP contribution in [0.3, 0.4) is 0 Å². The Morgan fingerprint density at radius 3 is 2.97 bits per heavy atom. The van der Waals surface area contributed by atoms with Gasteiger partial charge in [-0.2, -0.15) is 0 Å². The number of carbonyl (C=O) groups is 2. The van der Waals surface area contributed by atoms with Crippen molar-refractivity contribution in [3.63, 3.8) is 0 Å². The molecule has 3 heterocycles. The van der Waals surface area contributed by atoms with E-state index in [-0.39, 0.29) is 18.7 Å². The third-order valence-electron chi connectivity index (χ3n) is 4.92. The Balaban J connectivity index is 1.74. The molecular weight excluding hydrogens is 384 g/mol. The average molecular weight is 404 g/mol. The minimum absolute atomic E-state index is 0.169. The summed E-state index contributed by atoms with van der Waals surface area (Å²) in [4.78, 5) is 34.6. The number of hydrogen-bond acceptors (Lipinski definition) is 6. The van der Waals surface area contributed by atoms with E-state index in [2.05, 4.69) is 21.8 Å². The molecule has 1 unspecified atom stereocenters. The molecule has 1 amide bonds. The van der Waals surface area contributed by atoms with E-state index < -0.39 is 17.5 Å². The number of hydrogen-bond donors (Lipinski definition) is 1. The van der Waals surface area contributed by atoms with Crippen molar-refractivity contribution in [2.75, 3.05) is 20.2 Å². The first-order chi connectivity index (χ1) is 14.4. The van der Waals surface area contributed by atoms with Crippen LogP contribution in [0.25, 0.3) is 16.9 Å². The highest BCUT2D eigenvalue weighted by Crippen LogP contribution is 2.24. The molecule has 0 saturated carbocycles. The van der Waals surface area contributed by atoms with Gasteiger partial charge in [0.1, 0.15) is 5.69 Å². The number of aliphatic hydroxyl groups is 1. The summed E-state index contributed by atoms with van der Waals surface area (Å²) < 4.78 is 6.78. The molecule has 1 aliphatic rings. The number of rotatable bonds is 3. The molecule has 1 N–H and O–H groups in total. The third-order valence-corrected chi connectivity index (χ3v) is 4.92. The van der Waals surface area contributed by atoms with Crippen molar-refractivity contribution < 1.29 is 19.4 Å². The van der Waals surface area contributed by atoms with Crippen molar-refractivity contribution >= 4 is 17.5 Å². The fraction of sp³-hybridized carbons (Fsp3) is 0.273. The molecule has 0 spiro atoms. The first-order valence-corrected chi connectivity index (χ1v) is 9.53.